The van der Waals surface area contributed by atoms with E-state index in [0.717, 1.165) is 18.4 Å². The van der Waals surface area contributed by atoms with Crippen molar-refractivity contribution < 1.29 is 9.53 Å². The standard InChI is InChI=1S/C16H22N4O2/c1-4-5-10-22-12(2)16(21)18-14-9-7-6-8-13(14)15-19-17-11-20(15)3/h6-9,11-12H,4-5,10H2,1-3H3,(H,18,21). The number of aromatic nitrogens is 3. The van der Waals surface area contributed by atoms with Crippen LogP contribution in [0.1, 0.15) is 26.7 Å². The average molecular weight is 302 g/mol. The zero-order chi connectivity index (χ0) is 15.9. The topological polar surface area (TPSA) is 69.0 Å². The molecule has 22 heavy (non-hydrogen) atoms. The Morgan fingerprint density at radius 2 is 2.18 bits per heavy atom. The van der Waals surface area contributed by atoms with Crippen LogP contribution in [-0.4, -0.2) is 33.4 Å². The summed E-state index contributed by atoms with van der Waals surface area (Å²) in [5, 5.41) is 10.9. The third-order valence-corrected chi connectivity index (χ3v) is 3.37. The molecular weight excluding hydrogens is 280 g/mol. The lowest BCUT2D eigenvalue weighted by molar-refractivity contribution is -0.126. The minimum absolute atomic E-state index is 0.161. The summed E-state index contributed by atoms with van der Waals surface area (Å²) in [4.78, 5) is 12.2. The third kappa shape index (κ3) is 3.92. The fourth-order valence-electron chi connectivity index (χ4n) is 2.03. The van der Waals surface area contributed by atoms with Crippen molar-refractivity contribution in [3.8, 4) is 11.4 Å². The molecule has 0 aliphatic rings. The minimum Gasteiger partial charge on any atom is -0.369 e. The Bertz CT molecular complexity index is 624. The molecule has 0 saturated heterocycles. The van der Waals surface area contributed by atoms with E-state index >= 15 is 0 Å². The van der Waals surface area contributed by atoms with Gasteiger partial charge in [-0.1, -0.05) is 25.5 Å². The maximum atomic E-state index is 12.2. The van der Waals surface area contributed by atoms with Crippen LogP contribution in [0.4, 0.5) is 5.69 Å². The maximum Gasteiger partial charge on any atom is 0.253 e. The summed E-state index contributed by atoms with van der Waals surface area (Å²) in [5.41, 5.74) is 1.53. The molecule has 118 valence electrons. The van der Waals surface area contributed by atoms with E-state index in [9.17, 15) is 4.79 Å². The van der Waals surface area contributed by atoms with Crippen molar-refractivity contribution in [2.24, 2.45) is 7.05 Å². The zero-order valence-electron chi connectivity index (χ0n) is 13.2. The van der Waals surface area contributed by atoms with Gasteiger partial charge in [0.2, 0.25) is 0 Å². The third-order valence-electron chi connectivity index (χ3n) is 3.37. The van der Waals surface area contributed by atoms with Gasteiger partial charge in [0.1, 0.15) is 12.4 Å². The predicted molar refractivity (Wildman–Crippen MR) is 85.4 cm³/mol. The first-order valence-corrected chi connectivity index (χ1v) is 7.49. The number of carbonyl (C=O) groups is 1. The first-order valence-electron chi connectivity index (χ1n) is 7.49. The van der Waals surface area contributed by atoms with Crippen LogP contribution in [-0.2, 0) is 16.6 Å². The molecule has 1 N–H and O–H groups in total. The lowest BCUT2D eigenvalue weighted by Crippen LogP contribution is -2.28. The molecule has 0 fully saturated rings. The highest BCUT2D eigenvalue weighted by atomic mass is 16.5. The molecule has 6 nitrogen and oxygen atoms in total. The van der Waals surface area contributed by atoms with Crippen molar-refractivity contribution in [1.29, 1.82) is 0 Å². The number of nitrogens with one attached hydrogen (secondary N) is 1. The number of anilines is 1. The van der Waals surface area contributed by atoms with E-state index in [1.165, 1.54) is 0 Å². The van der Waals surface area contributed by atoms with Gasteiger partial charge in [-0.2, -0.15) is 0 Å². The molecule has 0 aliphatic heterocycles. The number of rotatable bonds is 7. The molecule has 0 radical (unpaired) electrons. The van der Waals surface area contributed by atoms with Gasteiger partial charge in [-0.15, -0.1) is 10.2 Å². The van der Waals surface area contributed by atoms with E-state index < -0.39 is 6.10 Å². The number of carbonyl (C=O) groups excluding carboxylic acids is 1. The number of amides is 1. The minimum atomic E-state index is -0.487. The van der Waals surface area contributed by atoms with Gasteiger partial charge in [0.25, 0.3) is 5.91 Å². The summed E-state index contributed by atoms with van der Waals surface area (Å²) >= 11 is 0. The van der Waals surface area contributed by atoms with Crippen LogP contribution in [0.15, 0.2) is 30.6 Å². The number of aryl methyl sites for hydroxylation is 1. The molecule has 1 amide bonds. The van der Waals surface area contributed by atoms with Crippen molar-refractivity contribution >= 4 is 11.6 Å². The Balaban J connectivity index is 2.10. The quantitative estimate of drug-likeness (QED) is 0.798. The van der Waals surface area contributed by atoms with Gasteiger partial charge in [0, 0.05) is 19.2 Å². The van der Waals surface area contributed by atoms with Gasteiger partial charge in [0.15, 0.2) is 5.82 Å². The van der Waals surface area contributed by atoms with Crippen LogP contribution >= 0.6 is 0 Å². The van der Waals surface area contributed by atoms with Gasteiger partial charge in [-0.25, -0.2) is 0 Å². The lowest BCUT2D eigenvalue weighted by atomic mass is 10.1. The number of nitrogens with zero attached hydrogens (tertiary/aromatic N) is 3. The van der Waals surface area contributed by atoms with Crippen LogP contribution in [0, 0.1) is 0 Å². The Morgan fingerprint density at radius 3 is 2.86 bits per heavy atom. The van der Waals surface area contributed by atoms with Crippen LogP contribution in [0.2, 0.25) is 0 Å². The first kappa shape index (κ1) is 16.2. The fraction of sp³-hybridized carbons (Fsp3) is 0.438. The molecule has 0 bridgehead atoms. The molecule has 2 rings (SSSR count). The Morgan fingerprint density at radius 1 is 1.41 bits per heavy atom. The largest absolute Gasteiger partial charge is 0.369 e. The first-order chi connectivity index (χ1) is 10.6. The Hall–Kier alpha value is -2.21. The monoisotopic (exact) mass is 302 g/mol. The van der Waals surface area contributed by atoms with Crippen molar-refractivity contribution in [3.63, 3.8) is 0 Å². The average Bonchev–Trinajstić information content (AvgIpc) is 2.94. The van der Waals surface area contributed by atoms with Crippen LogP contribution in [0.5, 0.6) is 0 Å². The van der Waals surface area contributed by atoms with E-state index in [4.69, 9.17) is 4.74 Å². The molecule has 1 heterocycles. The summed E-state index contributed by atoms with van der Waals surface area (Å²) < 4.78 is 7.34. The number of ether oxygens (including phenoxy) is 1. The van der Waals surface area contributed by atoms with Gasteiger partial charge >= 0.3 is 0 Å². The highest BCUT2D eigenvalue weighted by molar-refractivity contribution is 5.97. The molecule has 2 aromatic rings. The highest BCUT2D eigenvalue weighted by Crippen LogP contribution is 2.25. The molecule has 0 spiro atoms. The van der Waals surface area contributed by atoms with E-state index in [1.807, 2.05) is 35.9 Å². The number of unbranched alkanes of at least 4 members (excludes halogenated alkanes) is 1. The molecule has 1 unspecified atom stereocenters. The second-order valence-corrected chi connectivity index (χ2v) is 5.17. The molecule has 1 aromatic carbocycles. The second-order valence-electron chi connectivity index (χ2n) is 5.17. The fourth-order valence-corrected chi connectivity index (χ4v) is 2.03. The van der Waals surface area contributed by atoms with Crippen molar-refractivity contribution in [2.45, 2.75) is 32.8 Å². The second kappa shape index (κ2) is 7.70. The zero-order valence-corrected chi connectivity index (χ0v) is 13.2. The Kier molecular flexibility index (Phi) is 5.66. The molecule has 0 aliphatic carbocycles. The lowest BCUT2D eigenvalue weighted by Gasteiger charge is -2.15. The Labute approximate surface area is 130 Å². The van der Waals surface area contributed by atoms with Crippen molar-refractivity contribution in [3.05, 3.63) is 30.6 Å². The van der Waals surface area contributed by atoms with Gasteiger partial charge in [0.05, 0.1) is 5.69 Å². The summed E-state index contributed by atoms with van der Waals surface area (Å²) in [7, 11) is 1.87. The van der Waals surface area contributed by atoms with Gasteiger partial charge in [-0.05, 0) is 25.5 Å². The maximum absolute atomic E-state index is 12.2. The number of hydrogen-bond acceptors (Lipinski definition) is 4. The highest BCUT2D eigenvalue weighted by Gasteiger charge is 2.16. The predicted octanol–water partition coefficient (Wildman–Crippen LogP) is 2.63. The number of benzene rings is 1. The molecule has 1 atom stereocenters. The summed E-state index contributed by atoms with van der Waals surface area (Å²) in [6.45, 7) is 4.44. The number of para-hydroxylation sites is 1. The van der Waals surface area contributed by atoms with E-state index in [1.54, 1.807) is 13.3 Å². The van der Waals surface area contributed by atoms with E-state index in [-0.39, 0.29) is 5.91 Å². The normalized spacial score (nSPS) is 12.1. The van der Waals surface area contributed by atoms with Crippen molar-refractivity contribution in [2.75, 3.05) is 11.9 Å². The van der Waals surface area contributed by atoms with E-state index in [2.05, 4.69) is 22.4 Å². The van der Waals surface area contributed by atoms with Gasteiger partial charge < -0.3 is 14.6 Å². The van der Waals surface area contributed by atoms with Gasteiger partial charge in [-0.3, -0.25) is 4.79 Å². The number of hydrogen-bond donors (Lipinski definition) is 1. The molecule has 0 saturated carbocycles. The summed E-state index contributed by atoms with van der Waals surface area (Å²) in [6.07, 6.45) is 3.14. The molecular formula is C16H22N4O2. The summed E-state index contributed by atoms with van der Waals surface area (Å²) in [6, 6.07) is 7.53. The van der Waals surface area contributed by atoms with Crippen LogP contribution in [0.25, 0.3) is 11.4 Å². The molecule has 1 aromatic heterocycles. The SMILES string of the molecule is CCCCOC(C)C(=O)Nc1ccccc1-c1nncn1C. The van der Waals surface area contributed by atoms with Crippen LogP contribution in [0.3, 0.4) is 0 Å². The van der Waals surface area contributed by atoms with Crippen molar-refractivity contribution in [1.82, 2.24) is 14.8 Å². The molecule has 6 heteroatoms. The smallest absolute Gasteiger partial charge is 0.253 e. The summed E-state index contributed by atoms with van der Waals surface area (Å²) in [5.74, 6) is 0.543. The van der Waals surface area contributed by atoms with E-state index in [0.29, 0.717) is 18.1 Å². The van der Waals surface area contributed by atoms with Crippen LogP contribution < -0.4 is 5.32 Å².